The maximum Gasteiger partial charge on any atom is 0.322 e. The van der Waals surface area contributed by atoms with E-state index in [4.69, 9.17) is 9.72 Å². The van der Waals surface area contributed by atoms with Crippen molar-refractivity contribution < 1.29 is 18.3 Å². The van der Waals surface area contributed by atoms with Gasteiger partial charge in [0.05, 0.1) is 34.9 Å². The van der Waals surface area contributed by atoms with Crippen molar-refractivity contribution in [3.63, 3.8) is 0 Å². The number of nitrogens with one attached hydrogen (secondary N) is 1. The summed E-state index contributed by atoms with van der Waals surface area (Å²) in [7, 11) is 1.50. The van der Waals surface area contributed by atoms with Crippen LogP contribution in [0.2, 0.25) is 0 Å². The van der Waals surface area contributed by atoms with Crippen LogP contribution >= 0.6 is 0 Å². The van der Waals surface area contributed by atoms with Gasteiger partial charge in [0.15, 0.2) is 0 Å². The Balaban J connectivity index is 1.84. The molecule has 37 heavy (non-hydrogen) atoms. The minimum Gasteiger partial charge on any atom is -0.383 e. The normalized spacial score (nSPS) is 11.9. The van der Waals surface area contributed by atoms with E-state index in [1.165, 1.54) is 16.6 Å². The van der Waals surface area contributed by atoms with Gasteiger partial charge in [-0.15, -0.1) is 0 Å². The van der Waals surface area contributed by atoms with Crippen LogP contribution in [-0.2, 0) is 4.74 Å². The number of ether oxygens (including phenoxy) is 1. The van der Waals surface area contributed by atoms with Crippen LogP contribution in [0.1, 0.15) is 29.9 Å². The molecule has 0 saturated carbocycles. The summed E-state index contributed by atoms with van der Waals surface area (Å²) in [5.74, 6) is -1.32. The average Bonchev–Trinajstić information content (AvgIpc) is 2.87. The molecule has 0 radical (unpaired) electrons. The molecule has 0 spiro atoms. The van der Waals surface area contributed by atoms with Gasteiger partial charge >= 0.3 is 6.03 Å². The second-order valence-electron chi connectivity index (χ2n) is 8.81. The first-order chi connectivity index (χ1) is 17.7. The number of hydrogen-bond donors (Lipinski definition) is 1. The zero-order valence-corrected chi connectivity index (χ0v) is 21.1. The van der Waals surface area contributed by atoms with E-state index >= 15 is 0 Å². The number of benzene rings is 3. The molecule has 1 aromatic heterocycles. The number of amides is 2. The number of halogens is 2. The Morgan fingerprint density at radius 2 is 1.84 bits per heavy atom. The minimum absolute atomic E-state index is 0.127. The lowest BCUT2D eigenvalue weighted by Crippen LogP contribution is -2.41. The number of para-hydroxylation sites is 1. The highest BCUT2D eigenvalue weighted by Gasteiger charge is 2.27. The first-order valence-corrected chi connectivity index (χ1v) is 11.8. The molecule has 0 bridgehead atoms. The number of carbonyl (C=O) groups is 1. The molecular weight excluding hydrogens is 478 g/mol. The van der Waals surface area contributed by atoms with Gasteiger partial charge < -0.3 is 15.0 Å². The molecule has 0 aliphatic carbocycles. The van der Waals surface area contributed by atoms with Gasteiger partial charge in [-0.1, -0.05) is 18.2 Å². The van der Waals surface area contributed by atoms with Gasteiger partial charge in [-0.3, -0.25) is 9.36 Å². The summed E-state index contributed by atoms with van der Waals surface area (Å²) in [4.78, 5) is 33.3. The van der Waals surface area contributed by atoms with Crippen molar-refractivity contribution in [2.75, 3.05) is 25.6 Å². The number of aromatic nitrogens is 2. The minimum atomic E-state index is -0.899. The van der Waals surface area contributed by atoms with Crippen molar-refractivity contribution in [3.8, 4) is 5.69 Å². The predicted molar refractivity (Wildman–Crippen MR) is 139 cm³/mol. The zero-order chi connectivity index (χ0) is 26.7. The number of anilines is 1. The number of fused-ring (bicyclic) bond motifs is 1. The van der Waals surface area contributed by atoms with Crippen LogP contribution in [0.5, 0.6) is 0 Å². The van der Waals surface area contributed by atoms with Crippen LogP contribution in [-0.4, -0.2) is 40.7 Å². The molecule has 2 amide bonds. The second kappa shape index (κ2) is 10.9. The van der Waals surface area contributed by atoms with Gasteiger partial charge in [0.2, 0.25) is 0 Å². The van der Waals surface area contributed by atoms with E-state index in [0.29, 0.717) is 28.5 Å². The fourth-order valence-corrected chi connectivity index (χ4v) is 4.12. The molecule has 9 heteroatoms. The number of urea groups is 1. The van der Waals surface area contributed by atoms with E-state index in [1.54, 1.807) is 31.2 Å². The molecule has 1 unspecified atom stereocenters. The van der Waals surface area contributed by atoms with E-state index in [0.717, 1.165) is 23.3 Å². The Kier molecular flexibility index (Phi) is 7.63. The Morgan fingerprint density at radius 1 is 1.08 bits per heavy atom. The third kappa shape index (κ3) is 5.36. The first kappa shape index (κ1) is 26.0. The summed E-state index contributed by atoms with van der Waals surface area (Å²) < 4.78 is 34.3. The van der Waals surface area contributed by atoms with Crippen LogP contribution in [0.25, 0.3) is 16.6 Å². The van der Waals surface area contributed by atoms with Crippen molar-refractivity contribution in [2.24, 2.45) is 0 Å². The van der Waals surface area contributed by atoms with Crippen molar-refractivity contribution in [3.05, 3.63) is 99.6 Å². The van der Waals surface area contributed by atoms with Crippen LogP contribution in [0.3, 0.4) is 0 Å². The zero-order valence-electron chi connectivity index (χ0n) is 21.1. The number of aryl methyl sites for hydroxylation is 2. The summed E-state index contributed by atoms with van der Waals surface area (Å²) >= 11 is 0. The average molecular weight is 507 g/mol. The third-order valence-electron chi connectivity index (χ3n) is 6.36. The topological polar surface area (TPSA) is 76.5 Å². The summed E-state index contributed by atoms with van der Waals surface area (Å²) in [5.41, 5.74) is 2.74. The largest absolute Gasteiger partial charge is 0.383 e. The predicted octanol–water partition coefficient (Wildman–Crippen LogP) is 5.52. The fourth-order valence-electron chi connectivity index (χ4n) is 4.12. The molecule has 1 heterocycles. The van der Waals surface area contributed by atoms with Crippen molar-refractivity contribution >= 4 is 22.6 Å². The second-order valence-corrected chi connectivity index (χ2v) is 8.81. The van der Waals surface area contributed by atoms with Crippen LogP contribution in [0.15, 0.2) is 65.5 Å². The number of nitrogens with zero attached hydrogens (tertiary/aromatic N) is 3. The van der Waals surface area contributed by atoms with Gasteiger partial charge in [-0.05, 0) is 68.3 Å². The molecule has 1 atom stereocenters. The molecule has 1 N–H and O–H groups in total. The van der Waals surface area contributed by atoms with E-state index in [2.05, 4.69) is 5.32 Å². The molecule has 0 saturated heterocycles. The molecule has 0 fully saturated rings. The molecule has 0 aliphatic heterocycles. The summed E-state index contributed by atoms with van der Waals surface area (Å²) in [6.45, 7) is 5.99. The molecular formula is C28H28F2N4O3. The highest BCUT2D eigenvalue weighted by Crippen LogP contribution is 2.25. The van der Waals surface area contributed by atoms with Crippen LogP contribution < -0.4 is 10.9 Å². The van der Waals surface area contributed by atoms with Crippen LogP contribution in [0, 0.1) is 25.5 Å². The van der Waals surface area contributed by atoms with E-state index in [-0.39, 0.29) is 24.4 Å². The Bertz CT molecular complexity index is 1520. The SMILES string of the molecule is COCCN(C(=O)Nc1ccc(F)cc1F)C(C)c1nc2ccccc2c(=O)n1-c1ccc(C)c(C)c1. The standard InChI is InChI=1S/C28H28F2N4O3/c1-17-9-11-21(15-18(17)2)34-26(31-24-8-6-5-7-22(24)27(34)35)19(3)33(13-14-37-4)28(36)32-25-12-10-20(29)16-23(25)30/h5-12,15-16,19H,13-14H2,1-4H3,(H,32,36). The monoisotopic (exact) mass is 506 g/mol. The maximum atomic E-state index is 14.3. The number of rotatable bonds is 7. The Hall–Kier alpha value is -4.11. The summed E-state index contributed by atoms with van der Waals surface area (Å²) in [6, 6.07) is 14.2. The molecule has 3 aromatic carbocycles. The Morgan fingerprint density at radius 3 is 2.54 bits per heavy atom. The van der Waals surface area contributed by atoms with E-state index < -0.39 is 23.7 Å². The first-order valence-electron chi connectivity index (χ1n) is 11.8. The van der Waals surface area contributed by atoms with Gasteiger partial charge in [-0.2, -0.15) is 0 Å². The lowest BCUT2D eigenvalue weighted by Gasteiger charge is -2.30. The highest BCUT2D eigenvalue weighted by atomic mass is 19.1. The van der Waals surface area contributed by atoms with Crippen LogP contribution in [0.4, 0.5) is 19.3 Å². The Labute approximate surface area is 213 Å². The van der Waals surface area contributed by atoms with Gasteiger partial charge in [-0.25, -0.2) is 18.6 Å². The van der Waals surface area contributed by atoms with Crippen molar-refractivity contribution in [2.45, 2.75) is 26.8 Å². The summed E-state index contributed by atoms with van der Waals surface area (Å²) in [6.07, 6.45) is 0. The van der Waals surface area contributed by atoms with Crippen molar-refractivity contribution in [1.82, 2.24) is 14.5 Å². The smallest absolute Gasteiger partial charge is 0.322 e. The van der Waals surface area contributed by atoms with E-state index in [1.807, 2.05) is 32.0 Å². The fraction of sp³-hybridized carbons (Fsp3) is 0.250. The van der Waals surface area contributed by atoms with Gasteiger partial charge in [0.25, 0.3) is 5.56 Å². The third-order valence-corrected chi connectivity index (χ3v) is 6.36. The lowest BCUT2D eigenvalue weighted by molar-refractivity contribution is 0.137. The number of carbonyl (C=O) groups excluding carboxylic acids is 1. The summed E-state index contributed by atoms with van der Waals surface area (Å²) in [5, 5.41) is 2.94. The molecule has 7 nitrogen and oxygen atoms in total. The lowest BCUT2D eigenvalue weighted by atomic mass is 10.1. The molecule has 4 rings (SSSR count). The molecule has 192 valence electrons. The quantitative estimate of drug-likeness (QED) is 0.358. The van der Waals surface area contributed by atoms with E-state index in [9.17, 15) is 18.4 Å². The molecule has 4 aromatic rings. The highest BCUT2D eigenvalue weighted by molar-refractivity contribution is 5.89. The number of hydrogen-bond acceptors (Lipinski definition) is 4. The number of methoxy groups -OCH3 is 1. The van der Waals surface area contributed by atoms with Gasteiger partial charge in [0.1, 0.15) is 17.5 Å². The maximum absolute atomic E-state index is 14.3. The van der Waals surface area contributed by atoms with Gasteiger partial charge in [0, 0.05) is 19.7 Å². The van der Waals surface area contributed by atoms with Crippen molar-refractivity contribution in [1.29, 1.82) is 0 Å². The molecule has 0 aliphatic rings.